The van der Waals surface area contributed by atoms with Crippen molar-refractivity contribution in [2.45, 2.75) is 56.0 Å². The third-order valence-electron chi connectivity index (χ3n) is 4.70. The summed E-state index contributed by atoms with van der Waals surface area (Å²) in [6.07, 6.45) is 7.76. The zero-order valence-electron chi connectivity index (χ0n) is 13.0. The van der Waals surface area contributed by atoms with Crippen molar-refractivity contribution in [3.8, 4) is 0 Å². The molecule has 3 rings (SSSR count). The number of halogens is 1. The highest BCUT2D eigenvalue weighted by Gasteiger charge is 2.28. The van der Waals surface area contributed by atoms with E-state index in [1.54, 1.807) is 0 Å². The summed E-state index contributed by atoms with van der Waals surface area (Å²) in [6, 6.07) is 8.69. The topological polar surface area (TPSA) is 41.1 Å². The predicted molar refractivity (Wildman–Crippen MR) is 95.7 cm³/mol. The molecule has 0 radical (unpaired) electrons. The number of benzene rings is 1. The van der Waals surface area contributed by atoms with Gasteiger partial charge in [-0.1, -0.05) is 30.7 Å². The van der Waals surface area contributed by atoms with E-state index in [0.717, 1.165) is 25.8 Å². The smallest absolute Gasteiger partial charge is 0.237 e. The third-order valence-corrected chi connectivity index (χ3v) is 5.80. The molecule has 1 fully saturated rings. The van der Waals surface area contributed by atoms with E-state index in [9.17, 15) is 4.79 Å². The van der Waals surface area contributed by atoms with Crippen molar-refractivity contribution in [2.75, 3.05) is 6.26 Å². The molecule has 1 saturated carbocycles. The molecule has 22 heavy (non-hydrogen) atoms. The Balaban J connectivity index is 0.00000176. The van der Waals surface area contributed by atoms with Gasteiger partial charge in [-0.2, -0.15) is 11.8 Å². The molecule has 1 aliphatic heterocycles. The first-order valence-corrected chi connectivity index (χ1v) is 9.18. The van der Waals surface area contributed by atoms with Gasteiger partial charge in [-0.15, -0.1) is 12.4 Å². The lowest BCUT2D eigenvalue weighted by Crippen LogP contribution is -2.51. The lowest BCUT2D eigenvalue weighted by Gasteiger charge is -2.31. The van der Waals surface area contributed by atoms with E-state index in [1.165, 1.54) is 24.0 Å². The molecule has 5 heteroatoms. The van der Waals surface area contributed by atoms with Crippen LogP contribution in [0.3, 0.4) is 0 Å². The number of nitrogens with one attached hydrogen (secondary N) is 2. The zero-order chi connectivity index (χ0) is 14.7. The van der Waals surface area contributed by atoms with E-state index in [2.05, 4.69) is 41.2 Å². The van der Waals surface area contributed by atoms with Crippen LogP contribution in [0, 0.1) is 0 Å². The van der Waals surface area contributed by atoms with Crippen LogP contribution in [-0.2, 0) is 17.8 Å². The van der Waals surface area contributed by atoms with Crippen LogP contribution in [0.1, 0.15) is 36.8 Å². The lowest BCUT2D eigenvalue weighted by molar-refractivity contribution is -0.124. The largest absolute Gasteiger partial charge is 0.352 e. The minimum Gasteiger partial charge on any atom is -0.352 e. The number of amides is 1. The van der Waals surface area contributed by atoms with Gasteiger partial charge in [-0.05, 0) is 43.1 Å². The molecule has 1 aromatic carbocycles. The van der Waals surface area contributed by atoms with Crippen LogP contribution in [0.4, 0.5) is 0 Å². The maximum atomic E-state index is 12.5. The van der Waals surface area contributed by atoms with Gasteiger partial charge >= 0.3 is 0 Å². The Morgan fingerprint density at radius 2 is 2.05 bits per heavy atom. The van der Waals surface area contributed by atoms with Crippen molar-refractivity contribution in [3.63, 3.8) is 0 Å². The molecule has 0 saturated heterocycles. The fraction of sp³-hybridized carbons (Fsp3) is 0.588. The Hall–Kier alpha value is -0.710. The molecule has 3 unspecified atom stereocenters. The fourth-order valence-corrected chi connectivity index (χ4v) is 4.26. The number of hydrogen-bond acceptors (Lipinski definition) is 3. The molecule has 1 heterocycles. The minimum atomic E-state index is -0.0745. The fourth-order valence-electron chi connectivity index (χ4n) is 3.43. The Morgan fingerprint density at radius 1 is 1.27 bits per heavy atom. The Morgan fingerprint density at radius 3 is 2.82 bits per heavy atom. The standard InChI is InChI=1S/C17H24N2OS.ClH/c1-21-15-8-4-7-14(10-15)19-17(20)16-9-12-5-2-3-6-13(12)11-18-16;/h2-3,5-6,14-16,18H,4,7-11H2,1H3,(H,19,20);1H. The number of rotatable bonds is 3. The van der Waals surface area contributed by atoms with Crippen LogP contribution in [0.15, 0.2) is 24.3 Å². The molecule has 0 spiro atoms. The highest BCUT2D eigenvalue weighted by atomic mass is 35.5. The summed E-state index contributed by atoms with van der Waals surface area (Å²) in [5.74, 6) is 0.177. The summed E-state index contributed by atoms with van der Waals surface area (Å²) < 4.78 is 0. The second kappa shape index (κ2) is 8.23. The van der Waals surface area contributed by atoms with Crippen molar-refractivity contribution in [1.29, 1.82) is 0 Å². The molecule has 3 atom stereocenters. The Bertz CT molecular complexity index is 511. The molecule has 2 aliphatic rings. The molecule has 1 amide bonds. The van der Waals surface area contributed by atoms with Crippen LogP contribution in [0.25, 0.3) is 0 Å². The molecule has 0 bridgehead atoms. The number of thioether (sulfide) groups is 1. The summed E-state index contributed by atoms with van der Waals surface area (Å²) in [7, 11) is 0. The average Bonchev–Trinajstić information content (AvgIpc) is 2.54. The number of hydrogen-bond donors (Lipinski definition) is 2. The first-order valence-electron chi connectivity index (χ1n) is 7.89. The van der Waals surface area contributed by atoms with Crippen molar-refractivity contribution in [2.24, 2.45) is 0 Å². The van der Waals surface area contributed by atoms with Gasteiger partial charge in [0.05, 0.1) is 6.04 Å². The van der Waals surface area contributed by atoms with Crippen LogP contribution >= 0.6 is 24.2 Å². The zero-order valence-corrected chi connectivity index (χ0v) is 14.6. The summed E-state index contributed by atoms with van der Waals surface area (Å²) in [5, 5.41) is 7.35. The Labute approximate surface area is 143 Å². The van der Waals surface area contributed by atoms with Crippen molar-refractivity contribution >= 4 is 30.1 Å². The van der Waals surface area contributed by atoms with Gasteiger partial charge in [0.1, 0.15) is 0 Å². The molecular weight excluding hydrogens is 316 g/mol. The van der Waals surface area contributed by atoms with Crippen LogP contribution in [0.2, 0.25) is 0 Å². The molecule has 2 N–H and O–H groups in total. The van der Waals surface area contributed by atoms with E-state index < -0.39 is 0 Å². The van der Waals surface area contributed by atoms with E-state index in [-0.39, 0.29) is 24.4 Å². The van der Waals surface area contributed by atoms with E-state index in [0.29, 0.717) is 11.3 Å². The van der Waals surface area contributed by atoms with E-state index in [4.69, 9.17) is 0 Å². The summed E-state index contributed by atoms with van der Waals surface area (Å²) in [6.45, 7) is 0.798. The molecule has 1 aliphatic carbocycles. The van der Waals surface area contributed by atoms with Gasteiger partial charge in [-0.25, -0.2) is 0 Å². The molecule has 122 valence electrons. The maximum Gasteiger partial charge on any atom is 0.237 e. The van der Waals surface area contributed by atoms with Crippen molar-refractivity contribution in [3.05, 3.63) is 35.4 Å². The second-order valence-corrected chi connectivity index (χ2v) is 7.27. The lowest BCUT2D eigenvalue weighted by atomic mass is 9.93. The second-order valence-electron chi connectivity index (χ2n) is 6.14. The molecular formula is C17H25ClN2OS. The van der Waals surface area contributed by atoms with Crippen LogP contribution < -0.4 is 10.6 Å². The number of carbonyl (C=O) groups is 1. The van der Waals surface area contributed by atoms with Gasteiger partial charge in [0, 0.05) is 17.8 Å². The average molecular weight is 341 g/mol. The summed E-state index contributed by atoms with van der Waals surface area (Å²) >= 11 is 1.94. The van der Waals surface area contributed by atoms with Gasteiger partial charge in [0.15, 0.2) is 0 Å². The van der Waals surface area contributed by atoms with Crippen LogP contribution in [-0.4, -0.2) is 29.5 Å². The maximum absolute atomic E-state index is 12.5. The van der Waals surface area contributed by atoms with Gasteiger partial charge in [-0.3, -0.25) is 4.79 Å². The molecule has 0 aromatic heterocycles. The van der Waals surface area contributed by atoms with E-state index >= 15 is 0 Å². The first kappa shape index (κ1) is 17.6. The molecule has 1 aromatic rings. The monoisotopic (exact) mass is 340 g/mol. The predicted octanol–water partition coefficient (Wildman–Crippen LogP) is 2.91. The van der Waals surface area contributed by atoms with Crippen molar-refractivity contribution < 1.29 is 4.79 Å². The first-order chi connectivity index (χ1) is 10.3. The normalized spacial score (nSPS) is 27.4. The van der Waals surface area contributed by atoms with Crippen LogP contribution in [0.5, 0.6) is 0 Å². The minimum absolute atomic E-state index is 0. The SMILES string of the molecule is CSC1CCCC(NC(=O)C2Cc3ccccc3CN2)C1.Cl. The van der Waals surface area contributed by atoms with Gasteiger partial charge in [0.2, 0.25) is 5.91 Å². The third kappa shape index (κ3) is 4.18. The molecule has 3 nitrogen and oxygen atoms in total. The number of fused-ring (bicyclic) bond motifs is 1. The van der Waals surface area contributed by atoms with Crippen molar-refractivity contribution in [1.82, 2.24) is 10.6 Å². The van der Waals surface area contributed by atoms with Gasteiger partial charge < -0.3 is 10.6 Å². The number of carbonyl (C=O) groups excluding carboxylic acids is 1. The highest BCUT2D eigenvalue weighted by molar-refractivity contribution is 7.99. The summed E-state index contributed by atoms with van der Waals surface area (Å²) in [4.78, 5) is 12.5. The van der Waals surface area contributed by atoms with E-state index in [1.807, 2.05) is 11.8 Å². The highest BCUT2D eigenvalue weighted by Crippen LogP contribution is 2.27. The van der Waals surface area contributed by atoms with Gasteiger partial charge in [0.25, 0.3) is 0 Å². The summed E-state index contributed by atoms with van der Waals surface area (Å²) in [5.41, 5.74) is 2.63. The Kier molecular flexibility index (Phi) is 6.60. The quantitative estimate of drug-likeness (QED) is 0.889.